The molecule has 6 aromatic carbocycles. The molecule has 6 nitrogen and oxygen atoms in total. The minimum absolute atomic E-state index is 0.286. The summed E-state index contributed by atoms with van der Waals surface area (Å²) in [5.74, 6) is -1.94. The van der Waals surface area contributed by atoms with E-state index in [0.29, 0.717) is 22.1 Å². The van der Waals surface area contributed by atoms with E-state index in [1.165, 1.54) is 20.9 Å². The van der Waals surface area contributed by atoms with E-state index in [1.807, 2.05) is 60.7 Å². The molecule has 2 heterocycles. The summed E-state index contributed by atoms with van der Waals surface area (Å²) in [5, 5.41) is 0.707. The van der Waals surface area contributed by atoms with Crippen molar-refractivity contribution in [2.75, 3.05) is 9.80 Å². The van der Waals surface area contributed by atoms with Crippen LogP contribution in [0.25, 0.3) is 33.0 Å². The second-order valence-electron chi connectivity index (χ2n) is 14.8. The van der Waals surface area contributed by atoms with Gasteiger partial charge in [-0.05, 0) is 93.0 Å². The van der Waals surface area contributed by atoms with Crippen molar-refractivity contribution in [3.63, 3.8) is 0 Å². The van der Waals surface area contributed by atoms with Gasteiger partial charge in [-0.3, -0.25) is 19.2 Å². The van der Waals surface area contributed by atoms with E-state index < -0.39 is 23.6 Å². The molecule has 4 amide bonds. The Morgan fingerprint density at radius 1 is 0.360 bits per heavy atom. The second-order valence-corrected chi connectivity index (χ2v) is 14.8. The first-order valence-electron chi connectivity index (χ1n) is 16.9. The van der Waals surface area contributed by atoms with Crippen LogP contribution in [0.15, 0.2) is 109 Å². The average molecular weight is 651 g/mol. The second kappa shape index (κ2) is 9.30. The van der Waals surface area contributed by atoms with Gasteiger partial charge in [0, 0.05) is 43.9 Å². The Morgan fingerprint density at radius 3 is 1.02 bits per heavy atom. The van der Waals surface area contributed by atoms with E-state index in [9.17, 15) is 19.2 Å². The quantitative estimate of drug-likeness (QED) is 0.175. The Hall–Kier alpha value is -6.14. The Balaban J connectivity index is 1.06. The zero-order valence-corrected chi connectivity index (χ0v) is 27.9. The molecule has 0 saturated carbocycles. The lowest BCUT2D eigenvalue weighted by molar-refractivity contribution is 0.0873. The number of hydrogen-bond donors (Lipinski definition) is 0. The Bertz CT molecular complexity index is 2390. The van der Waals surface area contributed by atoms with Crippen LogP contribution in [0, 0.1) is 0 Å². The minimum atomic E-state index is -0.484. The number of anilines is 2. The molecule has 4 aliphatic rings. The smallest absolute Gasteiger partial charge is 0.265 e. The van der Waals surface area contributed by atoms with Crippen LogP contribution in [0.1, 0.15) is 91.4 Å². The number of rotatable bonds is 2. The number of hydrogen-bond acceptors (Lipinski definition) is 4. The van der Waals surface area contributed by atoms with E-state index in [1.54, 1.807) is 24.3 Å². The summed E-state index contributed by atoms with van der Waals surface area (Å²) in [4.78, 5) is 59.5. The van der Waals surface area contributed by atoms with Crippen LogP contribution in [-0.2, 0) is 10.8 Å². The lowest BCUT2D eigenvalue weighted by Gasteiger charge is -2.32. The molecule has 0 radical (unpaired) electrons. The molecule has 6 aromatic rings. The maximum atomic E-state index is 14.3. The van der Waals surface area contributed by atoms with Gasteiger partial charge in [0.15, 0.2) is 0 Å². The average Bonchev–Trinajstić information content (AvgIpc) is 3.49. The fourth-order valence-electron chi connectivity index (χ4n) is 9.01. The molecule has 2 aliphatic carbocycles. The fraction of sp³-hybridized carbons (Fsp3) is 0.136. The van der Waals surface area contributed by atoms with Crippen LogP contribution in [0.5, 0.6) is 0 Å². The van der Waals surface area contributed by atoms with Crippen molar-refractivity contribution in [1.82, 2.24) is 0 Å². The van der Waals surface area contributed by atoms with E-state index in [2.05, 4.69) is 52.0 Å². The summed E-state index contributed by atoms with van der Waals surface area (Å²) in [7, 11) is 0. The highest BCUT2D eigenvalue weighted by Crippen LogP contribution is 2.52. The van der Waals surface area contributed by atoms with Crippen LogP contribution in [0.2, 0.25) is 0 Å². The molecule has 240 valence electrons. The van der Waals surface area contributed by atoms with Gasteiger partial charge in [-0.1, -0.05) is 88.4 Å². The van der Waals surface area contributed by atoms with Gasteiger partial charge < -0.3 is 0 Å². The fourth-order valence-corrected chi connectivity index (χ4v) is 9.01. The first kappa shape index (κ1) is 28.8. The van der Waals surface area contributed by atoms with Crippen LogP contribution in [0.4, 0.5) is 11.4 Å². The van der Waals surface area contributed by atoms with Crippen molar-refractivity contribution >= 4 is 45.8 Å². The van der Waals surface area contributed by atoms with Crippen LogP contribution in [0.3, 0.4) is 0 Å². The van der Waals surface area contributed by atoms with Crippen molar-refractivity contribution in [3.05, 3.63) is 154 Å². The Morgan fingerprint density at radius 2 is 0.660 bits per heavy atom. The Kier molecular flexibility index (Phi) is 5.36. The van der Waals surface area contributed by atoms with Crippen LogP contribution in [-0.4, -0.2) is 23.6 Å². The summed E-state index contributed by atoms with van der Waals surface area (Å²) >= 11 is 0. The monoisotopic (exact) mass is 650 g/mol. The molecule has 0 unspecified atom stereocenters. The summed E-state index contributed by atoms with van der Waals surface area (Å²) < 4.78 is 0. The van der Waals surface area contributed by atoms with E-state index >= 15 is 0 Å². The molecule has 0 saturated heterocycles. The first-order chi connectivity index (χ1) is 24.0. The van der Waals surface area contributed by atoms with E-state index in [4.69, 9.17) is 0 Å². The molecule has 0 aromatic heterocycles. The van der Waals surface area contributed by atoms with Crippen molar-refractivity contribution in [2.45, 2.75) is 38.5 Å². The van der Waals surface area contributed by atoms with Gasteiger partial charge in [-0.25, -0.2) is 9.80 Å². The normalized spacial score (nSPS) is 17.2. The number of carbonyl (C=O) groups is 4. The minimum Gasteiger partial charge on any atom is -0.268 e. The highest BCUT2D eigenvalue weighted by atomic mass is 16.2. The zero-order chi connectivity index (χ0) is 34.4. The number of benzene rings is 6. The maximum Gasteiger partial charge on any atom is 0.265 e. The van der Waals surface area contributed by atoms with Gasteiger partial charge in [0.25, 0.3) is 23.6 Å². The standard InChI is InChI=1S/C44H30N2O4/c1-43(2)33-11-7-5-9-25(33)27-15-13-23(21-35(27)43)45-39(47)29-17-19-31-38-32(20-18-30(37(29)38)40(45)48)42(50)46(41(31)49)24-14-16-28-26-10-6-8-12-34(26)44(3,4)36(28)22-24/h5-22H,1-4H3. The summed E-state index contributed by atoms with van der Waals surface area (Å²) in [6, 6.07) is 34.5. The number of fused-ring (bicyclic) bond motifs is 6. The van der Waals surface area contributed by atoms with E-state index in [-0.39, 0.29) is 33.1 Å². The number of nitrogens with zero attached hydrogens (tertiary/aromatic N) is 2. The molecule has 0 spiro atoms. The van der Waals surface area contributed by atoms with Gasteiger partial charge in [-0.15, -0.1) is 0 Å². The van der Waals surface area contributed by atoms with Gasteiger partial charge in [-0.2, -0.15) is 0 Å². The number of imide groups is 2. The van der Waals surface area contributed by atoms with Gasteiger partial charge in [0.2, 0.25) is 0 Å². The van der Waals surface area contributed by atoms with Crippen molar-refractivity contribution < 1.29 is 19.2 Å². The molecular weight excluding hydrogens is 620 g/mol. The molecular formula is C44H30N2O4. The van der Waals surface area contributed by atoms with Crippen LogP contribution >= 0.6 is 0 Å². The van der Waals surface area contributed by atoms with E-state index in [0.717, 1.165) is 33.4 Å². The van der Waals surface area contributed by atoms with Gasteiger partial charge >= 0.3 is 0 Å². The van der Waals surface area contributed by atoms with Crippen molar-refractivity contribution in [2.24, 2.45) is 0 Å². The molecule has 0 bridgehead atoms. The molecule has 0 N–H and O–H groups in total. The molecule has 50 heavy (non-hydrogen) atoms. The molecule has 0 fully saturated rings. The highest BCUT2D eigenvalue weighted by molar-refractivity contribution is 6.42. The third-order valence-electron chi connectivity index (χ3n) is 11.5. The third kappa shape index (κ3) is 3.38. The lowest BCUT2D eigenvalue weighted by Crippen LogP contribution is -2.43. The predicted molar refractivity (Wildman–Crippen MR) is 194 cm³/mol. The summed E-state index contributed by atoms with van der Waals surface area (Å²) in [5.41, 5.74) is 10.5. The lowest BCUT2D eigenvalue weighted by atomic mass is 9.82. The molecule has 6 heteroatoms. The number of amides is 4. The third-order valence-corrected chi connectivity index (χ3v) is 11.5. The van der Waals surface area contributed by atoms with Gasteiger partial charge in [0.05, 0.1) is 11.4 Å². The molecule has 0 atom stereocenters. The largest absolute Gasteiger partial charge is 0.268 e. The predicted octanol–water partition coefficient (Wildman–Crippen LogP) is 9.05. The topological polar surface area (TPSA) is 74.8 Å². The summed E-state index contributed by atoms with van der Waals surface area (Å²) in [6.07, 6.45) is 0. The SMILES string of the molecule is CC1(C)c2ccccc2-c2ccc(N3C(=O)c4ccc5c6c(ccc(c46)C3=O)C(=O)N(c3ccc4c(c3)C(C)(C)c3ccccc3-4)C5=O)cc21. The van der Waals surface area contributed by atoms with Gasteiger partial charge in [0.1, 0.15) is 0 Å². The van der Waals surface area contributed by atoms with Crippen molar-refractivity contribution in [1.29, 1.82) is 0 Å². The first-order valence-corrected chi connectivity index (χ1v) is 16.9. The Labute approximate surface area is 288 Å². The van der Waals surface area contributed by atoms with Crippen LogP contribution < -0.4 is 9.80 Å². The maximum absolute atomic E-state index is 14.3. The number of carbonyl (C=O) groups excluding carboxylic acids is 4. The van der Waals surface area contributed by atoms with Crippen molar-refractivity contribution in [3.8, 4) is 22.3 Å². The molecule has 10 rings (SSSR count). The summed E-state index contributed by atoms with van der Waals surface area (Å²) in [6.45, 7) is 8.61. The zero-order valence-electron chi connectivity index (χ0n) is 27.9. The molecule has 2 aliphatic heterocycles. The highest BCUT2D eigenvalue weighted by Gasteiger charge is 2.43.